The maximum Gasteiger partial charge on any atom is 0.264 e. The van der Waals surface area contributed by atoms with E-state index in [1.807, 2.05) is 51.1 Å². The number of carbonyl (C=O) groups excluding carboxylic acids is 2. The topological polar surface area (TPSA) is 86.8 Å². The third-order valence-corrected chi connectivity index (χ3v) is 8.19. The van der Waals surface area contributed by atoms with Gasteiger partial charge in [-0.2, -0.15) is 0 Å². The first kappa shape index (κ1) is 29.5. The van der Waals surface area contributed by atoms with Gasteiger partial charge < -0.3 is 10.2 Å². The molecular formula is C28H31Cl2N3O4S. The normalized spacial score (nSPS) is 12.2. The van der Waals surface area contributed by atoms with Crippen LogP contribution in [0.4, 0.5) is 5.69 Å². The first-order valence-corrected chi connectivity index (χ1v) is 14.3. The van der Waals surface area contributed by atoms with Crippen LogP contribution in [0.2, 0.25) is 10.0 Å². The highest BCUT2D eigenvalue weighted by Crippen LogP contribution is 2.33. The minimum absolute atomic E-state index is 0.00727. The van der Waals surface area contributed by atoms with Crippen LogP contribution in [-0.4, -0.2) is 43.8 Å². The molecule has 0 radical (unpaired) electrons. The highest BCUT2D eigenvalue weighted by molar-refractivity contribution is 7.92. The maximum atomic E-state index is 13.9. The molecule has 3 aromatic carbocycles. The van der Waals surface area contributed by atoms with Crippen molar-refractivity contribution in [3.63, 3.8) is 0 Å². The van der Waals surface area contributed by atoms with E-state index in [0.29, 0.717) is 0 Å². The molecule has 0 fully saturated rings. The lowest BCUT2D eigenvalue weighted by molar-refractivity contribution is -0.139. The monoisotopic (exact) mass is 575 g/mol. The van der Waals surface area contributed by atoms with Crippen molar-refractivity contribution in [2.24, 2.45) is 0 Å². The van der Waals surface area contributed by atoms with Gasteiger partial charge in [-0.25, -0.2) is 8.42 Å². The van der Waals surface area contributed by atoms with Crippen LogP contribution in [0.25, 0.3) is 0 Å². The lowest BCUT2D eigenvalue weighted by atomic mass is 10.1. The molecule has 0 aromatic heterocycles. The van der Waals surface area contributed by atoms with Crippen LogP contribution in [0.1, 0.15) is 31.9 Å². The summed E-state index contributed by atoms with van der Waals surface area (Å²) in [6, 6.07) is 18.9. The fourth-order valence-corrected chi connectivity index (χ4v) is 5.66. The standard InChI is InChI=1S/C28H31Cl2N3O4S/c1-19(2)31-28(35)21(4)32(17-22-8-6-5-7-9-22)27(34)18-33(26-16-23(29)12-15-25(26)30)38(36,37)24-13-10-20(3)11-14-24/h5-16,19,21H,17-18H2,1-4H3,(H,31,35)/t21-/m1/s1. The summed E-state index contributed by atoms with van der Waals surface area (Å²) < 4.78 is 28.6. The summed E-state index contributed by atoms with van der Waals surface area (Å²) in [7, 11) is -4.23. The number of benzene rings is 3. The fourth-order valence-electron chi connectivity index (χ4n) is 3.80. The molecule has 1 atom stereocenters. The molecule has 7 nitrogen and oxygen atoms in total. The number of amides is 2. The van der Waals surface area contributed by atoms with Crippen molar-refractivity contribution >= 4 is 50.7 Å². The number of halogens is 2. The van der Waals surface area contributed by atoms with Gasteiger partial charge in [-0.3, -0.25) is 13.9 Å². The average molecular weight is 577 g/mol. The van der Waals surface area contributed by atoms with E-state index in [1.54, 1.807) is 19.1 Å². The highest BCUT2D eigenvalue weighted by Gasteiger charge is 2.33. The van der Waals surface area contributed by atoms with Gasteiger partial charge in [0.1, 0.15) is 12.6 Å². The summed E-state index contributed by atoms with van der Waals surface area (Å²) in [6.45, 7) is 6.62. The van der Waals surface area contributed by atoms with Gasteiger partial charge in [-0.05, 0) is 63.6 Å². The van der Waals surface area contributed by atoms with E-state index in [1.165, 1.54) is 35.2 Å². The Morgan fingerprint density at radius 3 is 2.16 bits per heavy atom. The molecule has 3 aromatic rings. The molecular weight excluding hydrogens is 545 g/mol. The van der Waals surface area contributed by atoms with Gasteiger partial charge in [0.05, 0.1) is 15.6 Å². The molecule has 38 heavy (non-hydrogen) atoms. The van der Waals surface area contributed by atoms with Crippen LogP contribution >= 0.6 is 23.2 Å². The molecule has 0 aliphatic heterocycles. The van der Waals surface area contributed by atoms with Crippen molar-refractivity contribution in [3.8, 4) is 0 Å². The minimum Gasteiger partial charge on any atom is -0.352 e. The van der Waals surface area contributed by atoms with Crippen molar-refractivity contribution in [1.29, 1.82) is 0 Å². The Labute approximate surface area is 234 Å². The van der Waals surface area contributed by atoms with Crippen LogP contribution < -0.4 is 9.62 Å². The molecule has 0 bridgehead atoms. The number of aryl methyl sites for hydroxylation is 1. The lowest BCUT2D eigenvalue weighted by Crippen LogP contribution is -2.52. The van der Waals surface area contributed by atoms with E-state index >= 15 is 0 Å². The number of anilines is 1. The number of sulfonamides is 1. The van der Waals surface area contributed by atoms with Gasteiger partial charge in [-0.1, -0.05) is 71.2 Å². The molecule has 0 spiro atoms. The second kappa shape index (κ2) is 12.7. The molecule has 202 valence electrons. The Kier molecular flexibility index (Phi) is 9.82. The Balaban J connectivity index is 2.06. The quantitative estimate of drug-likeness (QED) is 0.348. The minimum atomic E-state index is -4.23. The van der Waals surface area contributed by atoms with Gasteiger partial charge in [0.2, 0.25) is 11.8 Å². The zero-order valence-electron chi connectivity index (χ0n) is 21.7. The number of carbonyl (C=O) groups is 2. The summed E-state index contributed by atoms with van der Waals surface area (Å²) in [5.41, 5.74) is 1.73. The predicted molar refractivity (Wildman–Crippen MR) is 152 cm³/mol. The number of rotatable bonds is 10. The van der Waals surface area contributed by atoms with Gasteiger partial charge in [0.15, 0.2) is 0 Å². The van der Waals surface area contributed by atoms with E-state index in [9.17, 15) is 18.0 Å². The summed E-state index contributed by atoms with van der Waals surface area (Å²) in [6.07, 6.45) is 0. The lowest BCUT2D eigenvalue weighted by Gasteiger charge is -2.32. The SMILES string of the molecule is Cc1ccc(S(=O)(=O)N(CC(=O)N(Cc2ccccc2)[C@H](C)C(=O)NC(C)C)c2cc(Cl)ccc2Cl)cc1. The maximum absolute atomic E-state index is 13.9. The fraction of sp³-hybridized carbons (Fsp3) is 0.286. The molecule has 0 unspecified atom stereocenters. The van der Waals surface area contributed by atoms with Crippen LogP contribution in [0.5, 0.6) is 0 Å². The van der Waals surface area contributed by atoms with Crippen LogP contribution in [0.15, 0.2) is 77.7 Å². The molecule has 0 aliphatic carbocycles. The van der Waals surface area contributed by atoms with Crippen molar-refractivity contribution in [2.45, 2.75) is 51.2 Å². The predicted octanol–water partition coefficient (Wildman–Crippen LogP) is 5.44. The Hall–Kier alpha value is -3.07. The molecule has 0 aliphatic rings. The van der Waals surface area contributed by atoms with E-state index in [0.717, 1.165) is 15.4 Å². The summed E-state index contributed by atoms with van der Waals surface area (Å²) in [4.78, 5) is 28.1. The number of hydrogen-bond donors (Lipinski definition) is 1. The zero-order valence-corrected chi connectivity index (χ0v) is 24.0. The van der Waals surface area contributed by atoms with Crippen molar-refractivity contribution in [1.82, 2.24) is 10.2 Å². The van der Waals surface area contributed by atoms with Crippen LogP contribution in [-0.2, 0) is 26.2 Å². The van der Waals surface area contributed by atoms with Crippen molar-refractivity contribution < 1.29 is 18.0 Å². The highest BCUT2D eigenvalue weighted by atomic mass is 35.5. The third-order valence-electron chi connectivity index (χ3n) is 5.86. The molecule has 3 rings (SSSR count). The average Bonchev–Trinajstić information content (AvgIpc) is 2.87. The number of nitrogens with zero attached hydrogens (tertiary/aromatic N) is 2. The summed E-state index contributed by atoms with van der Waals surface area (Å²) >= 11 is 12.6. The van der Waals surface area contributed by atoms with E-state index in [2.05, 4.69) is 5.32 Å². The number of nitrogens with one attached hydrogen (secondary N) is 1. The van der Waals surface area contributed by atoms with Crippen LogP contribution in [0.3, 0.4) is 0 Å². The van der Waals surface area contributed by atoms with Crippen LogP contribution in [0, 0.1) is 6.92 Å². The van der Waals surface area contributed by atoms with E-state index in [-0.39, 0.29) is 39.1 Å². The summed E-state index contributed by atoms with van der Waals surface area (Å²) in [5.74, 6) is -0.926. The largest absolute Gasteiger partial charge is 0.352 e. The van der Waals surface area contributed by atoms with E-state index < -0.39 is 28.5 Å². The summed E-state index contributed by atoms with van der Waals surface area (Å²) in [5, 5.41) is 3.19. The Morgan fingerprint density at radius 1 is 0.921 bits per heavy atom. The first-order chi connectivity index (χ1) is 17.9. The second-order valence-electron chi connectivity index (χ2n) is 9.27. The van der Waals surface area contributed by atoms with E-state index in [4.69, 9.17) is 23.2 Å². The van der Waals surface area contributed by atoms with Gasteiger partial charge >= 0.3 is 0 Å². The second-order valence-corrected chi connectivity index (χ2v) is 12.0. The third kappa shape index (κ3) is 7.28. The Bertz CT molecular complexity index is 1380. The molecule has 0 saturated carbocycles. The van der Waals surface area contributed by atoms with Crippen molar-refractivity contribution in [3.05, 3.63) is 94.0 Å². The molecule has 0 saturated heterocycles. The van der Waals surface area contributed by atoms with Gasteiger partial charge in [-0.15, -0.1) is 0 Å². The van der Waals surface area contributed by atoms with Crippen molar-refractivity contribution in [2.75, 3.05) is 10.8 Å². The Morgan fingerprint density at radius 2 is 1.55 bits per heavy atom. The van der Waals surface area contributed by atoms with Gasteiger partial charge in [0.25, 0.3) is 10.0 Å². The molecule has 10 heteroatoms. The molecule has 1 N–H and O–H groups in total. The first-order valence-electron chi connectivity index (χ1n) is 12.1. The smallest absolute Gasteiger partial charge is 0.264 e. The molecule has 2 amide bonds. The number of hydrogen-bond acceptors (Lipinski definition) is 4. The van der Waals surface area contributed by atoms with Gasteiger partial charge in [0, 0.05) is 17.6 Å². The zero-order chi connectivity index (χ0) is 28.0. The molecule has 0 heterocycles.